The summed E-state index contributed by atoms with van der Waals surface area (Å²) in [5, 5.41) is 0. The molecular formula is C12H17ClN6O3. The number of ether oxygens (including phenoxy) is 1. The van der Waals surface area contributed by atoms with Gasteiger partial charge < -0.3 is 26.2 Å². The Balaban J connectivity index is 0.00000242. The average molecular weight is 329 g/mol. The van der Waals surface area contributed by atoms with Crippen LogP contribution in [-0.2, 0) is 27.2 Å². The number of nitrogens with two attached hydrogens (primary N) is 2. The van der Waals surface area contributed by atoms with Gasteiger partial charge in [0, 0.05) is 36.6 Å². The molecule has 0 spiro atoms. The largest absolute Gasteiger partial charge is 0.391 e. The number of rotatable bonds is 6. The van der Waals surface area contributed by atoms with Crippen molar-refractivity contribution in [2.24, 2.45) is 11.5 Å². The number of hydrogen-bond acceptors (Lipinski definition) is 7. The molecule has 0 fully saturated rings. The van der Waals surface area contributed by atoms with Crippen molar-refractivity contribution in [2.45, 2.75) is 24.9 Å². The van der Waals surface area contributed by atoms with E-state index >= 15 is 0 Å². The van der Waals surface area contributed by atoms with Gasteiger partial charge in [0.05, 0.1) is 12.7 Å². The Kier molecular flexibility index (Phi) is 6.70. The molecule has 2 aromatic heterocycles. The van der Waals surface area contributed by atoms with Gasteiger partial charge in [-0.2, -0.15) is 0 Å². The Labute approximate surface area is 132 Å². The van der Waals surface area contributed by atoms with Crippen molar-refractivity contribution in [3.05, 3.63) is 36.4 Å². The second-order valence-electron chi connectivity index (χ2n) is 4.52. The van der Waals surface area contributed by atoms with E-state index in [2.05, 4.69) is 24.7 Å². The second kappa shape index (κ2) is 8.27. The molecule has 0 saturated heterocycles. The van der Waals surface area contributed by atoms with Gasteiger partial charge in [0.15, 0.2) is 0 Å². The molecule has 22 heavy (non-hydrogen) atoms. The van der Waals surface area contributed by atoms with Crippen molar-refractivity contribution < 1.29 is 14.3 Å². The zero-order valence-corrected chi connectivity index (χ0v) is 12.4. The van der Waals surface area contributed by atoms with Gasteiger partial charge in [0.25, 0.3) is 0 Å². The van der Waals surface area contributed by atoms with E-state index < -0.39 is 24.0 Å². The van der Waals surface area contributed by atoms with Gasteiger partial charge in [-0.15, -0.1) is 12.4 Å². The number of esters is 2. The SMILES string of the molecule is Cl.N[C@@H](Cc1cnc[nH]1)C(=O)OC(=O)[C@@H](N)Cc1cnc[nH]1. The van der Waals surface area contributed by atoms with Crippen molar-refractivity contribution in [3.63, 3.8) is 0 Å². The zero-order valence-electron chi connectivity index (χ0n) is 11.6. The minimum Gasteiger partial charge on any atom is -0.391 e. The number of aromatic nitrogens is 4. The number of H-pyrrole nitrogens is 2. The van der Waals surface area contributed by atoms with E-state index in [1.54, 1.807) is 12.4 Å². The summed E-state index contributed by atoms with van der Waals surface area (Å²) in [5.41, 5.74) is 12.7. The maximum Gasteiger partial charge on any atom is 0.330 e. The summed E-state index contributed by atoms with van der Waals surface area (Å²) < 4.78 is 4.68. The number of aromatic amines is 2. The molecule has 0 saturated carbocycles. The zero-order chi connectivity index (χ0) is 15.2. The molecule has 0 aromatic carbocycles. The molecule has 0 aliphatic rings. The van der Waals surface area contributed by atoms with Crippen LogP contribution in [0.15, 0.2) is 25.0 Å². The van der Waals surface area contributed by atoms with Crippen LogP contribution in [0.4, 0.5) is 0 Å². The first kappa shape index (κ1) is 17.8. The molecule has 0 bridgehead atoms. The van der Waals surface area contributed by atoms with E-state index in [0.717, 1.165) is 0 Å². The number of halogens is 1. The van der Waals surface area contributed by atoms with Crippen LogP contribution in [-0.4, -0.2) is 44.0 Å². The van der Waals surface area contributed by atoms with Crippen molar-refractivity contribution in [1.29, 1.82) is 0 Å². The van der Waals surface area contributed by atoms with Gasteiger partial charge in [0.1, 0.15) is 12.1 Å². The van der Waals surface area contributed by atoms with Crippen LogP contribution < -0.4 is 11.5 Å². The average Bonchev–Trinajstić information content (AvgIpc) is 3.11. The molecule has 2 atom stereocenters. The molecule has 0 amide bonds. The molecule has 2 aromatic rings. The van der Waals surface area contributed by atoms with E-state index in [9.17, 15) is 9.59 Å². The van der Waals surface area contributed by atoms with Crippen LogP contribution in [0.3, 0.4) is 0 Å². The van der Waals surface area contributed by atoms with Crippen LogP contribution >= 0.6 is 12.4 Å². The molecule has 6 N–H and O–H groups in total. The standard InChI is InChI=1S/C12H16N6O3.ClH/c13-9(1-7-3-15-5-17-7)11(19)21-12(20)10(14)2-8-4-16-6-18-8;/h3-6,9-10H,1-2,13-14H2,(H,15,17)(H,16,18);1H/t9-,10-;/m0./s1. The lowest BCUT2D eigenvalue weighted by Gasteiger charge is -2.12. The summed E-state index contributed by atoms with van der Waals surface area (Å²) in [6, 6.07) is -1.93. The first-order chi connectivity index (χ1) is 10.1. The number of nitrogens with one attached hydrogen (secondary N) is 2. The predicted molar refractivity (Wildman–Crippen MR) is 78.9 cm³/mol. The number of hydrogen-bond donors (Lipinski definition) is 4. The molecule has 10 heteroatoms. The van der Waals surface area contributed by atoms with Gasteiger partial charge in [-0.05, 0) is 0 Å². The fourth-order valence-corrected chi connectivity index (χ4v) is 1.68. The topological polar surface area (TPSA) is 153 Å². The molecule has 2 rings (SSSR count). The molecular weight excluding hydrogens is 312 g/mol. The van der Waals surface area contributed by atoms with Gasteiger partial charge in [-0.3, -0.25) is 0 Å². The number of carbonyl (C=O) groups is 2. The molecule has 0 radical (unpaired) electrons. The molecule has 0 aliphatic heterocycles. The van der Waals surface area contributed by atoms with Crippen molar-refractivity contribution in [3.8, 4) is 0 Å². The monoisotopic (exact) mass is 328 g/mol. The van der Waals surface area contributed by atoms with Gasteiger partial charge >= 0.3 is 11.9 Å². The Morgan fingerprint density at radius 1 is 1.00 bits per heavy atom. The molecule has 0 aliphatic carbocycles. The Hall–Kier alpha value is -2.23. The maximum atomic E-state index is 11.7. The number of nitrogens with zero attached hydrogens (tertiary/aromatic N) is 2. The summed E-state index contributed by atoms with van der Waals surface area (Å²) in [5.74, 6) is -1.65. The molecule has 120 valence electrons. The molecule has 9 nitrogen and oxygen atoms in total. The second-order valence-corrected chi connectivity index (χ2v) is 4.52. The molecule has 0 unspecified atom stereocenters. The fourth-order valence-electron chi connectivity index (χ4n) is 1.68. The number of imidazole rings is 2. The summed E-state index contributed by atoms with van der Waals surface area (Å²) in [7, 11) is 0. The normalized spacial score (nSPS) is 13.0. The van der Waals surface area contributed by atoms with E-state index in [0.29, 0.717) is 11.4 Å². The van der Waals surface area contributed by atoms with E-state index in [1.165, 1.54) is 12.7 Å². The van der Waals surface area contributed by atoms with E-state index in [-0.39, 0.29) is 25.2 Å². The minimum absolute atomic E-state index is 0. The van der Waals surface area contributed by atoms with Crippen LogP contribution in [0.25, 0.3) is 0 Å². The van der Waals surface area contributed by atoms with Gasteiger partial charge in [-0.25, -0.2) is 19.6 Å². The summed E-state index contributed by atoms with van der Waals surface area (Å²) in [6.45, 7) is 0. The highest BCUT2D eigenvalue weighted by Gasteiger charge is 2.24. The van der Waals surface area contributed by atoms with Crippen LogP contribution in [0.5, 0.6) is 0 Å². The third-order valence-electron chi connectivity index (χ3n) is 2.80. The van der Waals surface area contributed by atoms with E-state index in [1.807, 2.05) is 0 Å². The van der Waals surface area contributed by atoms with Crippen LogP contribution in [0.1, 0.15) is 11.4 Å². The quantitative estimate of drug-likeness (QED) is 0.394. The first-order valence-corrected chi connectivity index (χ1v) is 6.27. The Morgan fingerprint density at radius 3 is 1.73 bits per heavy atom. The molecule has 2 heterocycles. The maximum absolute atomic E-state index is 11.7. The lowest BCUT2D eigenvalue weighted by Crippen LogP contribution is -2.41. The Bertz CT molecular complexity index is 534. The smallest absolute Gasteiger partial charge is 0.330 e. The van der Waals surface area contributed by atoms with Crippen molar-refractivity contribution in [1.82, 2.24) is 19.9 Å². The highest BCUT2D eigenvalue weighted by molar-refractivity contribution is 5.90. The van der Waals surface area contributed by atoms with Crippen molar-refractivity contribution >= 4 is 24.3 Å². The minimum atomic E-state index is -0.964. The summed E-state index contributed by atoms with van der Waals surface area (Å²) in [6.07, 6.45) is 6.42. The lowest BCUT2D eigenvalue weighted by molar-refractivity contribution is -0.161. The fraction of sp³-hybridized carbons (Fsp3) is 0.333. The lowest BCUT2D eigenvalue weighted by atomic mass is 10.1. The predicted octanol–water partition coefficient (Wildman–Crippen LogP) is -0.936. The summed E-state index contributed by atoms with van der Waals surface area (Å²) in [4.78, 5) is 36.6. The van der Waals surface area contributed by atoms with Crippen LogP contribution in [0.2, 0.25) is 0 Å². The number of carbonyl (C=O) groups excluding carboxylic acids is 2. The van der Waals surface area contributed by atoms with E-state index in [4.69, 9.17) is 11.5 Å². The van der Waals surface area contributed by atoms with Gasteiger partial charge in [-0.1, -0.05) is 0 Å². The third kappa shape index (κ3) is 4.95. The Morgan fingerprint density at radius 2 is 1.41 bits per heavy atom. The highest BCUT2D eigenvalue weighted by atomic mass is 35.5. The van der Waals surface area contributed by atoms with Crippen molar-refractivity contribution in [2.75, 3.05) is 0 Å². The summed E-state index contributed by atoms with van der Waals surface area (Å²) >= 11 is 0. The van der Waals surface area contributed by atoms with Gasteiger partial charge in [0.2, 0.25) is 0 Å². The highest BCUT2D eigenvalue weighted by Crippen LogP contribution is 2.02. The van der Waals surface area contributed by atoms with Crippen LogP contribution in [0, 0.1) is 0 Å². The third-order valence-corrected chi connectivity index (χ3v) is 2.80. The first-order valence-electron chi connectivity index (χ1n) is 6.27.